The first-order valence-corrected chi connectivity index (χ1v) is 4.21. The van der Waals surface area contributed by atoms with Crippen LogP contribution in [0.1, 0.15) is 11.5 Å². The van der Waals surface area contributed by atoms with Gasteiger partial charge in [0.05, 0.1) is 0 Å². The Kier molecular flexibility index (Phi) is 2.66. The van der Waals surface area contributed by atoms with Crippen molar-refractivity contribution in [3.63, 3.8) is 0 Å². The highest BCUT2D eigenvalue weighted by atomic mass is 35.6. The number of alkyl halides is 3. The van der Waals surface area contributed by atoms with E-state index in [0.29, 0.717) is 11.5 Å². The van der Waals surface area contributed by atoms with E-state index in [4.69, 9.17) is 40.5 Å². The molecule has 66 valence electrons. The first kappa shape index (κ1) is 9.84. The van der Waals surface area contributed by atoms with E-state index in [1.54, 1.807) is 13.0 Å². The first-order chi connectivity index (χ1) is 5.39. The predicted octanol–water partition coefficient (Wildman–Crippen LogP) is 2.19. The lowest BCUT2D eigenvalue weighted by molar-refractivity contribution is 0.948. The molecule has 3 nitrogen and oxygen atoms in total. The molecule has 2 N–H and O–H groups in total. The molecule has 0 bridgehead atoms. The zero-order valence-electron chi connectivity index (χ0n) is 6.18. The molecule has 1 aromatic rings. The number of nitrogens with zero attached hydrogens (tertiary/aromatic N) is 2. The van der Waals surface area contributed by atoms with Crippen molar-refractivity contribution in [1.29, 1.82) is 0 Å². The summed E-state index contributed by atoms with van der Waals surface area (Å²) in [6.45, 7) is 1.75. The van der Waals surface area contributed by atoms with Crippen molar-refractivity contribution in [2.24, 2.45) is 0 Å². The topological polar surface area (TPSA) is 51.8 Å². The minimum Gasteiger partial charge on any atom is -0.384 e. The Morgan fingerprint density at radius 1 is 1.33 bits per heavy atom. The fourth-order valence-electron chi connectivity index (χ4n) is 0.720. The molecule has 0 amide bonds. The summed E-state index contributed by atoms with van der Waals surface area (Å²) in [6.07, 6.45) is 0. The van der Waals surface area contributed by atoms with Crippen LogP contribution in [0.3, 0.4) is 0 Å². The molecule has 0 unspecified atom stereocenters. The van der Waals surface area contributed by atoms with Gasteiger partial charge in [0.2, 0.25) is 3.79 Å². The van der Waals surface area contributed by atoms with Crippen molar-refractivity contribution in [2.45, 2.75) is 10.7 Å². The summed E-state index contributed by atoms with van der Waals surface area (Å²) < 4.78 is -1.61. The monoisotopic (exact) mass is 225 g/mol. The average molecular weight is 226 g/mol. The van der Waals surface area contributed by atoms with E-state index >= 15 is 0 Å². The molecule has 0 aromatic carbocycles. The normalized spacial score (nSPS) is 11.7. The molecule has 0 spiro atoms. The minimum absolute atomic E-state index is 0.102. The van der Waals surface area contributed by atoms with Crippen LogP contribution in [0.25, 0.3) is 0 Å². The Hall–Kier alpha value is -0.250. The quantitative estimate of drug-likeness (QED) is 0.690. The fraction of sp³-hybridized carbons (Fsp3) is 0.333. The Morgan fingerprint density at radius 2 is 1.92 bits per heavy atom. The summed E-state index contributed by atoms with van der Waals surface area (Å²) in [4.78, 5) is 7.69. The van der Waals surface area contributed by atoms with E-state index < -0.39 is 3.79 Å². The molecule has 0 aliphatic rings. The largest absolute Gasteiger partial charge is 0.384 e. The van der Waals surface area contributed by atoms with E-state index in [1.165, 1.54) is 0 Å². The van der Waals surface area contributed by atoms with Crippen LogP contribution >= 0.6 is 34.8 Å². The molecule has 1 heterocycles. The van der Waals surface area contributed by atoms with Crippen molar-refractivity contribution in [3.8, 4) is 0 Å². The first-order valence-electron chi connectivity index (χ1n) is 3.08. The maximum atomic E-state index is 5.55. The van der Waals surface area contributed by atoms with E-state index in [-0.39, 0.29) is 5.82 Å². The zero-order valence-corrected chi connectivity index (χ0v) is 8.45. The third kappa shape index (κ3) is 2.37. The SMILES string of the molecule is Cc1cc(N)nc(C(Cl)(Cl)Cl)n1. The van der Waals surface area contributed by atoms with Crippen molar-refractivity contribution in [3.05, 3.63) is 17.6 Å². The van der Waals surface area contributed by atoms with Gasteiger partial charge in [0.1, 0.15) is 5.82 Å². The number of hydrogen-bond acceptors (Lipinski definition) is 3. The van der Waals surface area contributed by atoms with Gasteiger partial charge in [-0.25, -0.2) is 9.97 Å². The van der Waals surface area contributed by atoms with Gasteiger partial charge in [0.25, 0.3) is 0 Å². The molecular weight excluding hydrogens is 220 g/mol. The number of nitrogens with two attached hydrogens (primary N) is 1. The van der Waals surface area contributed by atoms with Crippen LogP contribution in [0.15, 0.2) is 6.07 Å². The second-order valence-corrected chi connectivity index (χ2v) is 4.54. The van der Waals surface area contributed by atoms with E-state index in [9.17, 15) is 0 Å². The van der Waals surface area contributed by atoms with Gasteiger partial charge in [-0.15, -0.1) is 0 Å². The second-order valence-electron chi connectivity index (χ2n) is 2.26. The summed E-state index contributed by atoms with van der Waals surface area (Å²) >= 11 is 16.7. The van der Waals surface area contributed by atoms with Crippen LogP contribution in [0.4, 0.5) is 5.82 Å². The standard InChI is InChI=1S/C6H6Cl3N3/c1-3-2-4(10)12-5(11-3)6(7,8)9/h2H,1H3,(H2,10,11,12). The molecule has 0 saturated heterocycles. The Labute approximate surface area is 84.9 Å². The molecular formula is C6H6Cl3N3. The third-order valence-corrected chi connectivity index (χ3v) is 1.63. The van der Waals surface area contributed by atoms with Gasteiger partial charge in [-0.05, 0) is 6.92 Å². The number of aryl methyl sites for hydroxylation is 1. The lowest BCUT2D eigenvalue weighted by Gasteiger charge is -2.09. The van der Waals surface area contributed by atoms with Gasteiger partial charge in [-0.3, -0.25) is 0 Å². The van der Waals surface area contributed by atoms with Crippen molar-refractivity contribution in [1.82, 2.24) is 9.97 Å². The highest BCUT2D eigenvalue weighted by molar-refractivity contribution is 6.66. The number of halogens is 3. The minimum atomic E-state index is -1.61. The highest BCUT2D eigenvalue weighted by Gasteiger charge is 2.26. The third-order valence-electron chi connectivity index (χ3n) is 1.13. The number of nitrogen functional groups attached to an aromatic ring is 1. The van der Waals surface area contributed by atoms with Crippen molar-refractivity contribution < 1.29 is 0 Å². The molecule has 0 atom stereocenters. The maximum Gasteiger partial charge on any atom is 0.250 e. The molecule has 0 radical (unpaired) electrons. The number of anilines is 1. The summed E-state index contributed by atoms with van der Waals surface area (Å²) in [7, 11) is 0. The van der Waals surface area contributed by atoms with Gasteiger partial charge >= 0.3 is 0 Å². The lowest BCUT2D eigenvalue weighted by Crippen LogP contribution is -2.09. The van der Waals surface area contributed by atoms with Gasteiger partial charge < -0.3 is 5.73 Å². The smallest absolute Gasteiger partial charge is 0.250 e. The molecule has 0 aliphatic carbocycles. The lowest BCUT2D eigenvalue weighted by atomic mass is 10.4. The van der Waals surface area contributed by atoms with Crippen molar-refractivity contribution >= 4 is 40.6 Å². The Balaban J connectivity index is 3.18. The average Bonchev–Trinajstić information content (AvgIpc) is 1.82. The maximum absolute atomic E-state index is 5.55. The van der Waals surface area contributed by atoms with E-state index in [2.05, 4.69) is 9.97 Å². The molecule has 6 heteroatoms. The number of rotatable bonds is 0. The zero-order chi connectivity index (χ0) is 9.35. The molecule has 0 fully saturated rings. The molecule has 0 aliphatic heterocycles. The van der Waals surface area contributed by atoms with Gasteiger partial charge in [-0.2, -0.15) is 0 Å². The van der Waals surface area contributed by atoms with Crippen LogP contribution in [0.2, 0.25) is 0 Å². The number of hydrogen-bond donors (Lipinski definition) is 1. The fourth-order valence-corrected chi connectivity index (χ4v) is 0.973. The molecule has 1 rings (SSSR count). The Bertz CT molecular complexity index is 274. The molecule has 12 heavy (non-hydrogen) atoms. The van der Waals surface area contributed by atoms with Crippen molar-refractivity contribution in [2.75, 3.05) is 5.73 Å². The summed E-state index contributed by atoms with van der Waals surface area (Å²) in [6, 6.07) is 1.60. The second kappa shape index (κ2) is 3.24. The summed E-state index contributed by atoms with van der Waals surface area (Å²) in [5, 5.41) is 0. The van der Waals surface area contributed by atoms with E-state index in [1.807, 2.05) is 0 Å². The van der Waals surface area contributed by atoms with Crippen LogP contribution in [-0.4, -0.2) is 9.97 Å². The predicted molar refractivity (Wildman–Crippen MR) is 50.4 cm³/mol. The van der Waals surface area contributed by atoms with Crippen LogP contribution < -0.4 is 5.73 Å². The number of aromatic nitrogens is 2. The van der Waals surface area contributed by atoms with Gasteiger partial charge in [0, 0.05) is 11.8 Å². The van der Waals surface area contributed by atoms with E-state index in [0.717, 1.165) is 0 Å². The molecule has 0 saturated carbocycles. The Morgan fingerprint density at radius 3 is 2.33 bits per heavy atom. The summed E-state index contributed by atoms with van der Waals surface area (Å²) in [5.74, 6) is 0.397. The van der Waals surface area contributed by atoms with Gasteiger partial charge in [-0.1, -0.05) is 34.8 Å². The molecule has 1 aromatic heterocycles. The van der Waals surface area contributed by atoms with Gasteiger partial charge in [0.15, 0.2) is 5.82 Å². The summed E-state index contributed by atoms with van der Waals surface area (Å²) in [5.41, 5.74) is 6.10. The van der Waals surface area contributed by atoms with Crippen LogP contribution in [0, 0.1) is 6.92 Å². The van der Waals surface area contributed by atoms with Crippen LogP contribution in [0.5, 0.6) is 0 Å². The highest BCUT2D eigenvalue weighted by Crippen LogP contribution is 2.35. The van der Waals surface area contributed by atoms with Crippen LogP contribution in [-0.2, 0) is 3.79 Å².